The molecule has 2 aromatic heterocycles. The molecule has 0 amide bonds. The van der Waals surface area contributed by atoms with E-state index in [9.17, 15) is 0 Å². The van der Waals surface area contributed by atoms with Gasteiger partial charge in [-0.2, -0.15) is 0 Å². The van der Waals surface area contributed by atoms with Crippen molar-refractivity contribution < 1.29 is 0 Å². The highest BCUT2D eigenvalue weighted by Gasteiger charge is 2.27. The normalized spacial score (nSPS) is 23.4. The maximum atomic E-state index is 4.88. The first-order valence-corrected chi connectivity index (χ1v) is 7.58. The van der Waals surface area contributed by atoms with Crippen molar-refractivity contribution in [3.8, 4) is 0 Å². The summed E-state index contributed by atoms with van der Waals surface area (Å²) < 4.78 is 2.20. The van der Waals surface area contributed by atoms with Gasteiger partial charge in [0.2, 0.25) is 0 Å². The van der Waals surface area contributed by atoms with Crippen molar-refractivity contribution in [3.63, 3.8) is 0 Å². The number of hydrogen-bond acceptors (Lipinski definition) is 3. The lowest BCUT2D eigenvalue weighted by atomic mass is 9.93. The summed E-state index contributed by atoms with van der Waals surface area (Å²) in [5.74, 6) is 1.98. The zero-order valence-electron chi connectivity index (χ0n) is 12.6. The Morgan fingerprint density at radius 1 is 1.35 bits per heavy atom. The molecule has 0 spiro atoms. The summed E-state index contributed by atoms with van der Waals surface area (Å²) in [5.41, 5.74) is 2.31. The molecule has 0 aliphatic carbocycles. The van der Waals surface area contributed by atoms with Gasteiger partial charge in [0.15, 0.2) is 5.82 Å². The molecular formula is C16H24N4. The number of hydrogen-bond donors (Lipinski definition) is 1. The molecule has 1 N–H and O–H groups in total. The Morgan fingerprint density at radius 3 is 2.95 bits per heavy atom. The van der Waals surface area contributed by atoms with E-state index in [2.05, 4.69) is 52.9 Å². The molecule has 0 aromatic carbocycles. The molecule has 1 fully saturated rings. The summed E-state index contributed by atoms with van der Waals surface area (Å²) in [4.78, 5) is 7.37. The largest absolute Gasteiger partial charge is 0.352 e. The van der Waals surface area contributed by atoms with Gasteiger partial charge in [-0.25, -0.2) is 4.98 Å². The first-order chi connectivity index (χ1) is 9.70. The zero-order valence-corrected chi connectivity index (χ0v) is 12.6. The molecule has 4 heteroatoms. The number of fused-ring (bicyclic) bond motifs is 1. The molecule has 3 rings (SSSR count). The standard InChI is InChI=1S/C16H24N4/c1-12-7-9-19(13(2)10-12)16-14(11-17-3)20-8-5-4-6-15(20)18-16/h4-6,8,12-13,17H,7,9-11H2,1-3H3. The van der Waals surface area contributed by atoms with E-state index >= 15 is 0 Å². The number of aromatic nitrogens is 2. The quantitative estimate of drug-likeness (QED) is 0.932. The highest BCUT2D eigenvalue weighted by Crippen LogP contribution is 2.30. The van der Waals surface area contributed by atoms with Crippen molar-refractivity contribution in [1.29, 1.82) is 0 Å². The fourth-order valence-electron chi connectivity index (χ4n) is 3.32. The van der Waals surface area contributed by atoms with Crippen LogP contribution in [0.5, 0.6) is 0 Å². The van der Waals surface area contributed by atoms with Gasteiger partial charge >= 0.3 is 0 Å². The number of piperidine rings is 1. The molecule has 0 saturated carbocycles. The summed E-state index contributed by atoms with van der Waals surface area (Å²) >= 11 is 0. The number of anilines is 1. The lowest BCUT2D eigenvalue weighted by Crippen LogP contribution is -2.41. The van der Waals surface area contributed by atoms with Gasteiger partial charge < -0.3 is 14.6 Å². The van der Waals surface area contributed by atoms with Crippen LogP contribution in [0.1, 0.15) is 32.4 Å². The Balaban J connectivity index is 2.03. The van der Waals surface area contributed by atoms with Crippen LogP contribution in [0.4, 0.5) is 5.82 Å². The first-order valence-electron chi connectivity index (χ1n) is 7.58. The molecule has 4 nitrogen and oxygen atoms in total. The molecule has 0 bridgehead atoms. The molecule has 1 saturated heterocycles. The molecule has 2 unspecified atom stereocenters. The minimum Gasteiger partial charge on any atom is -0.352 e. The molecule has 1 aliphatic rings. The van der Waals surface area contributed by atoms with Crippen LogP contribution in [0, 0.1) is 5.92 Å². The highest BCUT2D eigenvalue weighted by molar-refractivity contribution is 5.56. The Hall–Kier alpha value is -1.55. The third-order valence-corrected chi connectivity index (χ3v) is 4.36. The van der Waals surface area contributed by atoms with Crippen LogP contribution in [0.25, 0.3) is 5.65 Å². The van der Waals surface area contributed by atoms with Gasteiger partial charge in [0.05, 0.1) is 5.69 Å². The van der Waals surface area contributed by atoms with Crippen molar-refractivity contribution >= 4 is 11.5 Å². The van der Waals surface area contributed by atoms with E-state index in [-0.39, 0.29) is 0 Å². The summed E-state index contributed by atoms with van der Waals surface area (Å²) in [6.45, 7) is 6.64. The highest BCUT2D eigenvalue weighted by atomic mass is 15.3. The monoisotopic (exact) mass is 272 g/mol. The third kappa shape index (κ3) is 2.29. The maximum absolute atomic E-state index is 4.88. The SMILES string of the molecule is CNCc1c(N2CCC(C)CC2C)nc2ccccn12. The van der Waals surface area contributed by atoms with Crippen LogP contribution < -0.4 is 10.2 Å². The van der Waals surface area contributed by atoms with Crippen molar-refractivity contribution in [2.24, 2.45) is 5.92 Å². The average molecular weight is 272 g/mol. The van der Waals surface area contributed by atoms with Crippen LogP contribution in [0.2, 0.25) is 0 Å². The predicted octanol–water partition coefficient (Wildman–Crippen LogP) is 2.68. The summed E-state index contributed by atoms with van der Waals surface area (Å²) in [7, 11) is 1.99. The second kappa shape index (κ2) is 5.44. The molecular weight excluding hydrogens is 248 g/mol. The zero-order chi connectivity index (χ0) is 14.1. The summed E-state index contributed by atoms with van der Waals surface area (Å²) in [5, 5.41) is 3.28. The molecule has 1 aliphatic heterocycles. The van der Waals surface area contributed by atoms with Crippen molar-refractivity contribution in [3.05, 3.63) is 30.1 Å². The molecule has 2 aromatic rings. The topological polar surface area (TPSA) is 32.6 Å². The van der Waals surface area contributed by atoms with Crippen LogP contribution in [0.3, 0.4) is 0 Å². The van der Waals surface area contributed by atoms with Crippen molar-refractivity contribution in [2.45, 2.75) is 39.3 Å². The van der Waals surface area contributed by atoms with Crippen molar-refractivity contribution in [2.75, 3.05) is 18.5 Å². The Labute approximate surface area is 120 Å². The van der Waals surface area contributed by atoms with E-state index in [4.69, 9.17) is 4.98 Å². The lowest BCUT2D eigenvalue weighted by Gasteiger charge is -2.37. The van der Waals surface area contributed by atoms with Gasteiger partial charge in [0.1, 0.15) is 5.65 Å². The van der Waals surface area contributed by atoms with Crippen molar-refractivity contribution in [1.82, 2.24) is 14.7 Å². The fraction of sp³-hybridized carbons (Fsp3) is 0.562. The van der Waals surface area contributed by atoms with Gasteiger partial charge in [-0.3, -0.25) is 0 Å². The third-order valence-electron chi connectivity index (χ3n) is 4.36. The van der Waals surface area contributed by atoms with Gasteiger partial charge in [-0.1, -0.05) is 13.0 Å². The minimum absolute atomic E-state index is 0.569. The summed E-state index contributed by atoms with van der Waals surface area (Å²) in [6.07, 6.45) is 4.62. The molecule has 0 radical (unpaired) electrons. The molecule has 3 heterocycles. The van der Waals surface area contributed by atoms with E-state index in [1.54, 1.807) is 0 Å². The van der Waals surface area contributed by atoms with E-state index in [0.717, 1.165) is 30.5 Å². The number of nitrogens with zero attached hydrogens (tertiary/aromatic N) is 3. The smallest absolute Gasteiger partial charge is 0.152 e. The van der Waals surface area contributed by atoms with E-state index in [1.807, 2.05) is 7.05 Å². The lowest BCUT2D eigenvalue weighted by molar-refractivity contribution is 0.375. The first kappa shape index (κ1) is 13.4. The predicted molar refractivity (Wildman–Crippen MR) is 83.2 cm³/mol. The fourth-order valence-corrected chi connectivity index (χ4v) is 3.32. The van der Waals surface area contributed by atoms with Crippen LogP contribution >= 0.6 is 0 Å². The van der Waals surface area contributed by atoms with Crippen LogP contribution in [0.15, 0.2) is 24.4 Å². The number of pyridine rings is 1. The molecule has 108 valence electrons. The van der Waals surface area contributed by atoms with E-state index in [0.29, 0.717) is 6.04 Å². The number of nitrogens with one attached hydrogen (secondary N) is 1. The second-order valence-electron chi connectivity index (χ2n) is 6.01. The van der Waals surface area contributed by atoms with Crippen LogP contribution in [-0.2, 0) is 6.54 Å². The van der Waals surface area contributed by atoms with E-state index < -0.39 is 0 Å². The second-order valence-corrected chi connectivity index (χ2v) is 6.01. The Bertz CT molecular complexity index is 589. The molecule has 20 heavy (non-hydrogen) atoms. The van der Waals surface area contributed by atoms with Crippen LogP contribution in [-0.4, -0.2) is 29.0 Å². The summed E-state index contributed by atoms with van der Waals surface area (Å²) in [6, 6.07) is 6.77. The average Bonchev–Trinajstić information content (AvgIpc) is 2.78. The number of rotatable bonds is 3. The van der Waals surface area contributed by atoms with E-state index in [1.165, 1.54) is 18.5 Å². The Kier molecular flexibility index (Phi) is 3.66. The number of imidazole rings is 1. The maximum Gasteiger partial charge on any atom is 0.152 e. The van der Waals surface area contributed by atoms with Gasteiger partial charge in [0.25, 0.3) is 0 Å². The molecule has 2 atom stereocenters. The van der Waals surface area contributed by atoms with Gasteiger partial charge in [0, 0.05) is 25.3 Å². The Morgan fingerprint density at radius 2 is 2.20 bits per heavy atom. The minimum atomic E-state index is 0.569. The van der Waals surface area contributed by atoms with Gasteiger partial charge in [-0.05, 0) is 44.9 Å². The van der Waals surface area contributed by atoms with Gasteiger partial charge in [-0.15, -0.1) is 0 Å².